The van der Waals surface area contributed by atoms with Crippen molar-refractivity contribution in [3.8, 4) is 0 Å². The molecule has 0 unspecified atom stereocenters. The first-order valence-corrected chi connectivity index (χ1v) is 8.76. The SMILES string of the molecule is CC[C@@H](c1ccco1)[C@@H](CO)NS(=O)(=O)c1ccc(Cl)cc1. The van der Waals surface area contributed by atoms with Crippen molar-refractivity contribution >= 4 is 21.6 Å². The van der Waals surface area contributed by atoms with Crippen LogP contribution in [0.2, 0.25) is 5.02 Å². The normalized spacial score (nSPS) is 14.7. The molecule has 0 bridgehead atoms. The number of rotatable bonds is 7. The predicted octanol–water partition coefficient (Wildman–Crippen LogP) is 2.77. The van der Waals surface area contributed by atoms with E-state index in [0.717, 1.165) is 0 Å². The second-order valence-corrected chi connectivity index (χ2v) is 7.04. The van der Waals surface area contributed by atoms with Crippen molar-refractivity contribution in [3.05, 3.63) is 53.4 Å². The molecule has 0 aliphatic carbocycles. The second-order valence-electron chi connectivity index (χ2n) is 4.89. The summed E-state index contributed by atoms with van der Waals surface area (Å²) in [5.41, 5.74) is 0. The minimum atomic E-state index is -3.74. The quantitative estimate of drug-likeness (QED) is 0.810. The number of sulfonamides is 1. The molecule has 1 heterocycles. The van der Waals surface area contributed by atoms with Gasteiger partial charge in [-0.15, -0.1) is 0 Å². The van der Waals surface area contributed by atoms with Gasteiger partial charge in [0, 0.05) is 10.9 Å². The molecule has 0 fully saturated rings. The molecule has 2 N–H and O–H groups in total. The van der Waals surface area contributed by atoms with E-state index in [0.29, 0.717) is 17.2 Å². The topological polar surface area (TPSA) is 79.5 Å². The third-order valence-electron chi connectivity index (χ3n) is 3.46. The lowest BCUT2D eigenvalue weighted by atomic mass is 9.95. The lowest BCUT2D eigenvalue weighted by molar-refractivity contribution is 0.227. The van der Waals surface area contributed by atoms with E-state index in [1.165, 1.54) is 30.5 Å². The van der Waals surface area contributed by atoms with Crippen LogP contribution in [-0.2, 0) is 10.0 Å². The Labute approximate surface area is 135 Å². The first-order valence-electron chi connectivity index (χ1n) is 6.90. The van der Waals surface area contributed by atoms with Crippen molar-refractivity contribution in [1.82, 2.24) is 4.72 Å². The van der Waals surface area contributed by atoms with E-state index in [9.17, 15) is 13.5 Å². The van der Waals surface area contributed by atoms with Gasteiger partial charge in [-0.3, -0.25) is 0 Å². The van der Waals surface area contributed by atoms with E-state index in [1.807, 2.05) is 6.92 Å². The molecule has 1 aromatic carbocycles. The summed E-state index contributed by atoms with van der Waals surface area (Å²) in [7, 11) is -3.74. The van der Waals surface area contributed by atoms with E-state index >= 15 is 0 Å². The summed E-state index contributed by atoms with van der Waals surface area (Å²) in [6, 6.07) is 8.70. The highest BCUT2D eigenvalue weighted by molar-refractivity contribution is 7.89. The third-order valence-corrected chi connectivity index (χ3v) is 5.22. The van der Waals surface area contributed by atoms with Crippen molar-refractivity contribution in [2.45, 2.75) is 30.2 Å². The molecule has 7 heteroatoms. The molecule has 0 saturated carbocycles. The summed E-state index contributed by atoms with van der Waals surface area (Å²) in [4.78, 5) is 0.102. The Bertz CT molecular complexity index is 683. The number of hydrogen-bond donors (Lipinski definition) is 2. The van der Waals surface area contributed by atoms with Crippen LogP contribution in [0.15, 0.2) is 52.0 Å². The van der Waals surface area contributed by atoms with Crippen LogP contribution < -0.4 is 4.72 Å². The van der Waals surface area contributed by atoms with Gasteiger partial charge >= 0.3 is 0 Å². The largest absolute Gasteiger partial charge is 0.469 e. The van der Waals surface area contributed by atoms with Crippen molar-refractivity contribution in [2.75, 3.05) is 6.61 Å². The molecule has 1 aromatic heterocycles. The van der Waals surface area contributed by atoms with Crippen LogP contribution in [0.4, 0.5) is 0 Å². The van der Waals surface area contributed by atoms with Crippen molar-refractivity contribution in [3.63, 3.8) is 0 Å². The summed E-state index contributed by atoms with van der Waals surface area (Å²) in [5, 5.41) is 10.0. The van der Waals surface area contributed by atoms with Crippen molar-refractivity contribution < 1.29 is 17.9 Å². The lowest BCUT2D eigenvalue weighted by Gasteiger charge is -2.23. The average Bonchev–Trinajstić information content (AvgIpc) is 3.01. The summed E-state index contributed by atoms with van der Waals surface area (Å²) < 4.78 is 32.7. The Hall–Kier alpha value is -1.34. The predicted molar refractivity (Wildman–Crippen MR) is 84.4 cm³/mol. The monoisotopic (exact) mass is 343 g/mol. The fourth-order valence-corrected chi connectivity index (χ4v) is 3.71. The molecular formula is C15H18ClNO4S. The molecule has 2 rings (SSSR count). The molecule has 0 radical (unpaired) electrons. The van der Waals surface area contributed by atoms with Crippen LogP contribution in [0.3, 0.4) is 0 Å². The number of furan rings is 1. The fraction of sp³-hybridized carbons (Fsp3) is 0.333. The molecule has 0 aliphatic heterocycles. The van der Waals surface area contributed by atoms with Gasteiger partial charge in [-0.05, 0) is 42.8 Å². The van der Waals surface area contributed by atoms with Gasteiger partial charge in [-0.1, -0.05) is 18.5 Å². The molecular weight excluding hydrogens is 326 g/mol. The fourth-order valence-electron chi connectivity index (χ4n) is 2.31. The number of aliphatic hydroxyl groups is 1. The maximum atomic E-state index is 12.4. The molecule has 0 spiro atoms. The molecule has 120 valence electrons. The van der Waals surface area contributed by atoms with Crippen LogP contribution >= 0.6 is 11.6 Å². The van der Waals surface area contributed by atoms with E-state index < -0.39 is 16.1 Å². The Kier molecular flexibility index (Phi) is 5.63. The van der Waals surface area contributed by atoms with E-state index in [2.05, 4.69) is 4.72 Å². The van der Waals surface area contributed by atoms with Gasteiger partial charge in [0.2, 0.25) is 10.0 Å². The Morgan fingerprint density at radius 3 is 2.45 bits per heavy atom. The smallest absolute Gasteiger partial charge is 0.240 e. The van der Waals surface area contributed by atoms with Gasteiger partial charge in [0.05, 0.1) is 23.8 Å². The number of nitrogens with one attached hydrogen (secondary N) is 1. The second kappa shape index (κ2) is 7.28. The maximum absolute atomic E-state index is 12.4. The molecule has 22 heavy (non-hydrogen) atoms. The first kappa shape index (κ1) is 17.0. The van der Waals surface area contributed by atoms with Crippen LogP contribution in [0.5, 0.6) is 0 Å². The third kappa shape index (κ3) is 3.89. The summed E-state index contributed by atoms with van der Waals surface area (Å²) in [5.74, 6) is 0.391. The summed E-state index contributed by atoms with van der Waals surface area (Å²) in [6.45, 7) is 1.58. The Balaban J connectivity index is 2.23. The number of hydrogen-bond acceptors (Lipinski definition) is 4. The number of benzene rings is 1. The minimum Gasteiger partial charge on any atom is -0.469 e. The van der Waals surface area contributed by atoms with Gasteiger partial charge in [-0.2, -0.15) is 0 Å². The molecule has 0 saturated heterocycles. The number of aliphatic hydroxyl groups excluding tert-OH is 1. The van der Waals surface area contributed by atoms with E-state index in [4.69, 9.17) is 16.0 Å². The molecule has 0 amide bonds. The Morgan fingerprint density at radius 1 is 1.27 bits per heavy atom. The zero-order valence-corrected chi connectivity index (χ0v) is 13.6. The number of halogens is 1. The molecule has 5 nitrogen and oxygen atoms in total. The van der Waals surface area contributed by atoms with Crippen LogP contribution in [-0.4, -0.2) is 26.2 Å². The molecule has 2 aromatic rings. The first-order chi connectivity index (χ1) is 10.5. The maximum Gasteiger partial charge on any atom is 0.240 e. The highest BCUT2D eigenvalue weighted by Gasteiger charge is 2.28. The zero-order chi connectivity index (χ0) is 16.2. The molecule has 0 aliphatic rings. The van der Waals surface area contributed by atoms with Gasteiger partial charge < -0.3 is 9.52 Å². The summed E-state index contributed by atoms with van der Waals surface area (Å²) >= 11 is 5.77. The van der Waals surface area contributed by atoms with Crippen molar-refractivity contribution in [2.24, 2.45) is 0 Å². The highest BCUT2D eigenvalue weighted by atomic mass is 35.5. The minimum absolute atomic E-state index is 0.102. The molecule has 2 atom stereocenters. The summed E-state index contributed by atoms with van der Waals surface area (Å²) in [6.07, 6.45) is 2.15. The average molecular weight is 344 g/mol. The van der Waals surface area contributed by atoms with Crippen LogP contribution in [0.1, 0.15) is 25.0 Å². The van der Waals surface area contributed by atoms with Crippen LogP contribution in [0.25, 0.3) is 0 Å². The van der Waals surface area contributed by atoms with E-state index in [1.54, 1.807) is 12.1 Å². The van der Waals surface area contributed by atoms with E-state index in [-0.39, 0.29) is 17.4 Å². The Morgan fingerprint density at radius 2 is 1.95 bits per heavy atom. The van der Waals surface area contributed by atoms with Gasteiger partial charge in [0.15, 0.2) is 0 Å². The van der Waals surface area contributed by atoms with Crippen molar-refractivity contribution in [1.29, 1.82) is 0 Å². The zero-order valence-electron chi connectivity index (χ0n) is 12.1. The standard InChI is InChI=1S/C15H18ClNO4S/c1-2-13(15-4-3-9-21-15)14(10-18)17-22(19,20)12-7-5-11(16)6-8-12/h3-9,13-14,17-18H,2,10H2,1H3/t13-,14-/m1/s1. The van der Waals surface area contributed by atoms with Gasteiger partial charge in [0.1, 0.15) is 5.76 Å². The highest BCUT2D eigenvalue weighted by Crippen LogP contribution is 2.25. The van der Waals surface area contributed by atoms with Crippen LogP contribution in [0, 0.1) is 0 Å². The van der Waals surface area contributed by atoms with Gasteiger partial charge in [0.25, 0.3) is 0 Å². The lowest BCUT2D eigenvalue weighted by Crippen LogP contribution is -2.41. The van der Waals surface area contributed by atoms with Gasteiger partial charge in [-0.25, -0.2) is 13.1 Å².